The number of ketones is 2. The number of aryl methyl sites for hydroxylation is 1. The molecule has 1 aliphatic carbocycles. The van der Waals surface area contributed by atoms with E-state index in [0.717, 1.165) is 4.57 Å². The number of halogens is 1. The number of nitrogens with zero attached hydrogens (tertiary/aromatic N) is 3. The number of nitrogens with one attached hydrogen (secondary N) is 1. The van der Waals surface area contributed by atoms with Gasteiger partial charge in [0.25, 0.3) is 11.1 Å². The Morgan fingerprint density at radius 2 is 1.58 bits per heavy atom. The van der Waals surface area contributed by atoms with Gasteiger partial charge in [0.1, 0.15) is 33.7 Å². The number of hydrogen-bond donors (Lipinski definition) is 1. The molecule has 1 spiro atoms. The monoisotopic (exact) mass is 674 g/mol. The molecule has 0 saturated carbocycles. The number of allylic oxidation sites excluding steroid dienone is 1. The molecule has 3 atom stereocenters. The van der Waals surface area contributed by atoms with E-state index in [1.54, 1.807) is 38.2 Å². The molecule has 3 aliphatic rings. The van der Waals surface area contributed by atoms with Crippen molar-refractivity contribution in [3.05, 3.63) is 94.5 Å². The normalized spacial score (nSPS) is 21.1. The molecule has 0 bridgehead atoms. The van der Waals surface area contributed by atoms with Crippen molar-refractivity contribution in [1.82, 2.24) is 13.7 Å². The summed E-state index contributed by atoms with van der Waals surface area (Å²) in [6.45, 7) is 1.70. The molecule has 248 valence electrons. The molecule has 4 heterocycles. The van der Waals surface area contributed by atoms with Crippen LogP contribution in [-0.4, -0.2) is 52.2 Å². The Labute approximate surface area is 277 Å². The van der Waals surface area contributed by atoms with Crippen molar-refractivity contribution in [3.8, 4) is 23.0 Å². The maximum atomic E-state index is 15.2. The van der Waals surface area contributed by atoms with E-state index in [-0.39, 0.29) is 56.8 Å². The van der Waals surface area contributed by atoms with Gasteiger partial charge in [-0.1, -0.05) is 18.5 Å². The van der Waals surface area contributed by atoms with Crippen molar-refractivity contribution in [2.45, 2.75) is 24.9 Å². The van der Waals surface area contributed by atoms with Crippen molar-refractivity contribution in [2.75, 3.05) is 26.6 Å². The van der Waals surface area contributed by atoms with Crippen LogP contribution >= 0.6 is 11.6 Å². The lowest BCUT2D eigenvalue weighted by Crippen LogP contribution is -2.58. The molecule has 14 heteroatoms. The fraction of sp³-hybridized carbons (Fsp3) is 0.324. The molecule has 0 radical (unpaired) electrons. The molecule has 0 saturated heterocycles. The fourth-order valence-corrected chi connectivity index (χ4v) is 7.57. The Morgan fingerprint density at radius 3 is 2.25 bits per heavy atom. The number of methoxy groups -OCH3 is 3. The van der Waals surface area contributed by atoms with Gasteiger partial charge in [-0.3, -0.25) is 28.3 Å². The van der Waals surface area contributed by atoms with Crippen LogP contribution in [0.25, 0.3) is 10.9 Å². The first-order valence-corrected chi connectivity index (χ1v) is 15.4. The minimum Gasteiger partial charge on any atom is -0.497 e. The van der Waals surface area contributed by atoms with Gasteiger partial charge in [0.05, 0.1) is 38.3 Å². The van der Waals surface area contributed by atoms with Crippen LogP contribution in [0.5, 0.6) is 23.0 Å². The first-order chi connectivity index (χ1) is 22.8. The van der Waals surface area contributed by atoms with E-state index >= 15 is 4.79 Å². The standard InChI is InChI=1S/C34H31ClN4O9/c1-14-10-18-23(28(40)34(14)29(41)24-20(46-6)13-21(47-7)26(35)27(24)48-34)22(25-30(36-18)38(3)33(44)39(4)32(25)43)17-11-15-8-9-16(45-5)12-19(15)37(2)31(17)42/h8-9,11-14,22,36H,10H2,1-7H3/t14-,22+,34+/m1/s1. The van der Waals surface area contributed by atoms with E-state index in [9.17, 15) is 19.2 Å². The number of benzene rings is 2. The number of carbonyl (C=O) groups is 2. The predicted octanol–water partition coefficient (Wildman–Crippen LogP) is 3.05. The van der Waals surface area contributed by atoms with Crippen molar-refractivity contribution in [1.29, 1.82) is 0 Å². The second-order valence-electron chi connectivity index (χ2n) is 12.2. The van der Waals surface area contributed by atoms with E-state index in [1.165, 1.54) is 50.6 Å². The summed E-state index contributed by atoms with van der Waals surface area (Å²) in [6, 6.07) is 8.28. The molecule has 2 aliphatic heterocycles. The molecule has 7 rings (SSSR count). The van der Waals surface area contributed by atoms with E-state index in [1.807, 2.05) is 0 Å². The van der Waals surface area contributed by atoms with Gasteiger partial charge < -0.3 is 28.8 Å². The zero-order valence-corrected chi connectivity index (χ0v) is 27.9. The summed E-state index contributed by atoms with van der Waals surface area (Å²) in [6.07, 6.45) is 0.0856. The number of ether oxygens (including phenoxy) is 4. The highest BCUT2D eigenvalue weighted by Gasteiger charge is 2.64. The Balaban J connectivity index is 1.53. The van der Waals surface area contributed by atoms with Crippen LogP contribution in [0.1, 0.15) is 40.7 Å². The minimum atomic E-state index is -2.11. The highest BCUT2D eigenvalue weighted by atomic mass is 35.5. The minimum absolute atomic E-state index is 0.00149. The Morgan fingerprint density at radius 1 is 0.875 bits per heavy atom. The van der Waals surface area contributed by atoms with Gasteiger partial charge in [0, 0.05) is 56.0 Å². The Hall–Kier alpha value is -5.30. The van der Waals surface area contributed by atoms with Gasteiger partial charge in [0.15, 0.2) is 5.75 Å². The molecule has 0 fully saturated rings. The number of rotatable bonds is 4. The number of carbonyl (C=O) groups excluding carboxylic acids is 2. The van der Waals surface area contributed by atoms with Gasteiger partial charge in [-0.25, -0.2) is 4.79 Å². The average molecular weight is 675 g/mol. The fourth-order valence-electron chi connectivity index (χ4n) is 7.30. The lowest BCUT2D eigenvalue weighted by atomic mass is 9.66. The van der Waals surface area contributed by atoms with Gasteiger partial charge >= 0.3 is 5.69 Å². The number of anilines is 1. The second kappa shape index (κ2) is 10.6. The van der Waals surface area contributed by atoms with Gasteiger partial charge in [0.2, 0.25) is 17.2 Å². The SMILES string of the molecule is COc1ccc2cc([C@H]3C4=C(C[C@@H](C)[C@]5(Oc6c(Cl)c(OC)cc(OC)c6C5=O)C4=O)Nc4c3c(=O)n(C)c(=O)n4C)c(=O)n(C)c2c1. The summed E-state index contributed by atoms with van der Waals surface area (Å²) in [7, 11) is 8.69. The predicted molar refractivity (Wildman–Crippen MR) is 176 cm³/mol. The van der Waals surface area contributed by atoms with Crippen LogP contribution in [-0.2, 0) is 25.9 Å². The van der Waals surface area contributed by atoms with E-state index in [2.05, 4.69) is 5.32 Å². The van der Waals surface area contributed by atoms with Crippen LogP contribution in [0.2, 0.25) is 5.02 Å². The summed E-state index contributed by atoms with van der Waals surface area (Å²) in [5.41, 5.74) is -2.89. The zero-order chi connectivity index (χ0) is 34.6. The molecule has 13 nitrogen and oxygen atoms in total. The van der Waals surface area contributed by atoms with Crippen molar-refractivity contribution in [3.63, 3.8) is 0 Å². The molecular weight excluding hydrogens is 644 g/mol. The number of pyridine rings is 1. The maximum absolute atomic E-state index is 15.2. The van der Waals surface area contributed by atoms with E-state index in [4.69, 9.17) is 30.5 Å². The Bertz CT molecular complexity index is 2370. The molecule has 0 amide bonds. The molecule has 0 unspecified atom stereocenters. The highest BCUT2D eigenvalue weighted by molar-refractivity contribution is 6.36. The summed E-state index contributed by atoms with van der Waals surface area (Å²) in [5.74, 6) is -2.54. The highest BCUT2D eigenvalue weighted by Crippen LogP contribution is 2.56. The largest absolute Gasteiger partial charge is 0.497 e. The van der Waals surface area contributed by atoms with Crippen LogP contribution < -0.4 is 41.1 Å². The summed E-state index contributed by atoms with van der Waals surface area (Å²) in [4.78, 5) is 71.1. The van der Waals surface area contributed by atoms with Crippen LogP contribution in [0, 0.1) is 5.92 Å². The van der Waals surface area contributed by atoms with Crippen molar-refractivity contribution < 1.29 is 28.5 Å². The molecular formula is C34H31ClN4O9. The van der Waals surface area contributed by atoms with Gasteiger partial charge in [-0.2, -0.15) is 0 Å². The molecule has 48 heavy (non-hydrogen) atoms. The third-order valence-corrected chi connectivity index (χ3v) is 10.2. The van der Waals surface area contributed by atoms with Crippen molar-refractivity contribution in [2.24, 2.45) is 27.1 Å². The second-order valence-corrected chi connectivity index (χ2v) is 12.6. The van der Waals surface area contributed by atoms with E-state index < -0.39 is 45.8 Å². The van der Waals surface area contributed by atoms with Gasteiger partial charge in [-0.05, 0) is 30.0 Å². The number of fused-ring (bicyclic) bond motifs is 3. The molecule has 4 aromatic rings. The third-order valence-electron chi connectivity index (χ3n) is 9.85. The molecule has 2 aromatic carbocycles. The number of aromatic nitrogens is 3. The zero-order valence-electron chi connectivity index (χ0n) is 27.1. The molecule has 2 aromatic heterocycles. The summed E-state index contributed by atoms with van der Waals surface area (Å²) >= 11 is 6.64. The smallest absolute Gasteiger partial charge is 0.332 e. The first-order valence-electron chi connectivity index (χ1n) is 15.0. The topological polar surface area (TPSA) is 149 Å². The lowest BCUT2D eigenvalue weighted by molar-refractivity contribution is -0.130. The average Bonchev–Trinajstić information content (AvgIpc) is 3.40. The van der Waals surface area contributed by atoms with Crippen LogP contribution in [0.4, 0.5) is 5.82 Å². The Kier molecular flexibility index (Phi) is 6.92. The maximum Gasteiger partial charge on any atom is 0.332 e. The number of Topliss-reactive ketones (excluding diaryl/α,β-unsaturated/α-hetero) is 2. The lowest BCUT2D eigenvalue weighted by Gasteiger charge is -2.42. The van der Waals surface area contributed by atoms with Crippen LogP contribution in [0.15, 0.2) is 56.0 Å². The summed E-state index contributed by atoms with van der Waals surface area (Å²) < 4.78 is 26.2. The van der Waals surface area contributed by atoms with E-state index in [0.29, 0.717) is 22.3 Å². The third kappa shape index (κ3) is 3.87. The molecule has 1 N–H and O–H groups in total. The summed E-state index contributed by atoms with van der Waals surface area (Å²) in [5, 5.41) is 3.79. The number of hydrogen-bond acceptors (Lipinski definition) is 10. The van der Waals surface area contributed by atoms with Gasteiger partial charge in [-0.15, -0.1) is 0 Å². The van der Waals surface area contributed by atoms with Crippen molar-refractivity contribution >= 4 is 39.9 Å². The van der Waals surface area contributed by atoms with Crippen LogP contribution in [0.3, 0.4) is 0 Å². The first kappa shape index (κ1) is 31.3. The quantitative estimate of drug-likeness (QED) is 0.320.